The van der Waals surface area contributed by atoms with Gasteiger partial charge in [-0.05, 0) is 24.1 Å². The SMILES string of the molecule is NS(=O)(=O)c1cc2c(cc1Cl)NCN(CC=CCO[N+](=O)[O-])S2. The molecule has 0 fully saturated rings. The average Bonchev–Trinajstić information content (AvgIpc) is 2.45. The zero-order chi connectivity index (χ0) is 17.0. The first-order chi connectivity index (χ1) is 10.8. The number of sulfonamides is 1. The number of fused-ring (bicyclic) bond motifs is 1. The maximum atomic E-state index is 11.5. The molecule has 1 heterocycles. The number of hydrogen-bond donors (Lipinski definition) is 2. The Bertz CT molecular complexity index is 740. The minimum absolute atomic E-state index is 0.0598. The van der Waals surface area contributed by atoms with E-state index in [0.717, 1.165) is 0 Å². The van der Waals surface area contributed by atoms with Gasteiger partial charge in [-0.3, -0.25) is 0 Å². The molecule has 2 rings (SSSR count). The summed E-state index contributed by atoms with van der Waals surface area (Å²) < 4.78 is 24.9. The number of rotatable bonds is 6. The van der Waals surface area contributed by atoms with Gasteiger partial charge in [0.05, 0.1) is 17.4 Å². The predicted molar refractivity (Wildman–Crippen MR) is 86.0 cm³/mol. The zero-order valence-corrected chi connectivity index (χ0v) is 14.0. The van der Waals surface area contributed by atoms with Crippen molar-refractivity contribution in [1.82, 2.24) is 4.31 Å². The van der Waals surface area contributed by atoms with Crippen LogP contribution in [-0.2, 0) is 14.9 Å². The molecule has 0 atom stereocenters. The predicted octanol–water partition coefficient (Wildman–Crippen LogP) is 1.44. The van der Waals surface area contributed by atoms with Crippen LogP contribution in [0.1, 0.15) is 0 Å². The Morgan fingerprint density at radius 1 is 1.52 bits per heavy atom. The number of benzene rings is 1. The third-order valence-corrected chi connectivity index (χ3v) is 5.21. The monoisotopic (exact) mass is 380 g/mol. The number of nitrogens with two attached hydrogens (primary N) is 1. The topological polar surface area (TPSA) is 128 Å². The molecule has 0 saturated carbocycles. The molecule has 3 N–H and O–H groups in total. The first kappa shape index (κ1) is 17.8. The van der Waals surface area contributed by atoms with Crippen molar-refractivity contribution in [2.24, 2.45) is 5.14 Å². The Labute approximate surface area is 141 Å². The summed E-state index contributed by atoms with van der Waals surface area (Å²) in [5, 5.41) is 17.4. The van der Waals surface area contributed by atoms with E-state index in [1.54, 1.807) is 6.08 Å². The number of primary sulfonamides is 1. The number of anilines is 1. The van der Waals surface area contributed by atoms with Gasteiger partial charge in [0, 0.05) is 11.4 Å². The van der Waals surface area contributed by atoms with Gasteiger partial charge < -0.3 is 10.2 Å². The van der Waals surface area contributed by atoms with Gasteiger partial charge in [-0.15, -0.1) is 10.1 Å². The Morgan fingerprint density at radius 3 is 2.91 bits per heavy atom. The van der Waals surface area contributed by atoms with Crippen LogP contribution in [0.15, 0.2) is 34.1 Å². The van der Waals surface area contributed by atoms with Gasteiger partial charge >= 0.3 is 0 Å². The summed E-state index contributed by atoms with van der Waals surface area (Å²) in [6.45, 7) is 0.843. The van der Waals surface area contributed by atoms with Gasteiger partial charge in [-0.1, -0.05) is 23.8 Å². The van der Waals surface area contributed by atoms with Gasteiger partial charge in [-0.25, -0.2) is 17.9 Å². The van der Waals surface area contributed by atoms with Gasteiger partial charge in [-0.2, -0.15) is 0 Å². The van der Waals surface area contributed by atoms with Crippen LogP contribution in [0.2, 0.25) is 5.02 Å². The molecule has 0 unspecified atom stereocenters. The van der Waals surface area contributed by atoms with Gasteiger partial charge in [0.1, 0.15) is 11.5 Å². The molecule has 1 aromatic rings. The Hall–Kier alpha value is -1.53. The van der Waals surface area contributed by atoms with E-state index in [-0.39, 0.29) is 16.5 Å². The number of hydrogen-bond acceptors (Lipinski definition) is 8. The summed E-state index contributed by atoms with van der Waals surface area (Å²) in [6.07, 6.45) is 3.23. The van der Waals surface area contributed by atoms with E-state index in [9.17, 15) is 18.5 Å². The summed E-state index contributed by atoms with van der Waals surface area (Å²) in [7, 11) is -3.90. The molecule has 0 aromatic heterocycles. The second-order valence-corrected chi connectivity index (χ2v) is 7.48. The first-order valence-corrected chi connectivity index (χ1v) is 8.92. The van der Waals surface area contributed by atoms with Crippen molar-refractivity contribution < 1.29 is 18.3 Å². The third-order valence-electron chi connectivity index (χ3n) is 2.77. The molecule has 1 aliphatic heterocycles. The maximum Gasteiger partial charge on any atom is 0.294 e. The summed E-state index contributed by atoms with van der Waals surface area (Å²) >= 11 is 7.25. The van der Waals surface area contributed by atoms with Crippen molar-refractivity contribution in [3.8, 4) is 0 Å². The third kappa shape index (κ3) is 4.97. The molecule has 1 aromatic carbocycles. The highest BCUT2D eigenvalue weighted by atomic mass is 35.5. The van der Waals surface area contributed by atoms with Gasteiger partial charge in [0.2, 0.25) is 10.0 Å². The van der Waals surface area contributed by atoms with E-state index in [4.69, 9.17) is 16.7 Å². The average molecular weight is 381 g/mol. The highest BCUT2D eigenvalue weighted by Gasteiger charge is 2.21. The van der Waals surface area contributed by atoms with Crippen LogP contribution in [0.25, 0.3) is 0 Å². The van der Waals surface area contributed by atoms with E-state index in [2.05, 4.69) is 10.2 Å². The molecule has 1 aliphatic rings. The standard InChI is InChI=1S/C11H13ClN4O5S2/c12-8-5-9-10(6-11(8)23(13,19)20)22-15(7-14-9)3-1-2-4-21-16(17)18/h1-2,5-6,14H,3-4,7H2,(H2,13,19,20). The minimum Gasteiger partial charge on any atom is -0.370 e. The molecule has 0 spiro atoms. The molecule has 0 bridgehead atoms. The normalized spacial score (nSPS) is 15.2. The first-order valence-electron chi connectivity index (χ1n) is 6.23. The van der Waals surface area contributed by atoms with Gasteiger partial charge in [0.25, 0.3) is 5.09 Å². The van der Waals surface area contributed by atoms with Crippen molar-refractivity contribution in [3.05, 3.63) is 39.4 Å². The summed E-state index contributed by atoms with van der Waals surface area (Å²) in [5.41, 5.74) is 0.712. The highest BCUT2D eigenvalue weighted by molar-refractivity contribution is 7.97. The molecule has 0 amide bonds. The van der Waals surface area contributed by atoms with Crippen LogP contribution in [-0.4, -0.2) is 37.6 Å². The molecular formula is C11H13ClN4O5S2. The quantitative estimate of drug-likeness (QED) is 0.328. The molecule has 0 saturated heterocycles. The number of halogens is 1. The largest absolute Gasteiger partial charge is 0.370 e. The fraction of sp³-hybridized carbons (Fsp3) is 0.273. The summed E-state index contributed by atoms with van der Waals surface area (Å²) in [6, 6.07) is 2.93. The summed E-state index contributed by atoms with van der Waals surface area (Å²) in [5.74, 6) is 0. The van der Waals surface area contributed by atoms with Crippen LogP contribution in [0, 0.1) is 10.1 Å². The highest BCUT2D eigenvalue weighted by Crippen LogP contribution is 2.38. The van der Waals surface area contributed by atoms with Crippen LogP contribution < -0.4 is 10.5 Å². The van der Waals surface area contributed by atoms with Crippen LogP contribution >= 0.6 is 23.5 Å². The van der Waals surface area contributed by atoms with Crippen molar-refractivity contribution >= 4 is 39.3 Å². The second-order valence-electron chi connectivity index (χ2n) is 4.41. The molecule has 12 heteroatoms. The van der Waals surface area contributed by atoms with E-state index in [1.165, 1.54) is 30.2 Å². The number of nitrogens with zero attached hydrogens (tertiary/aromatic N) is 2. The number of nitrogens with one attached hydrogen (secondary N) is 1. The summed E-state index contributed by atoms with van der Waals surface area (Å²) in [4.78, 5) is 14.7. The molecule has 23 heavy (non-hydrogen) atoms. The van der Waals surface area contributed by atoms with E-state index >= 15 is 0 Å². The van der Waals surface area contributed by atoms with E-state index in [1.807, 2.05) is 4.31 Å². The lowest BCUT2D eigenvalue weighted by Crippen LogP contribution is -2.27. The van der Waals surface area contributed by atoms with Crippen LogP contribution in [0.3, 0.4) is 0 Å². The Morgan fingerprint density at radius 2 is 2.26 bits per heavy atom. The lowest BCUT2D eigenvalue weighted by molar-refractivity contribution is -0.755. The van der Waals surface area contributed by atoms with E-state index < -0.39 is 15.1 Å². The second kappa shape index (κ2) is 7.36. The lowest BCUT2D eigenvalue weighted by Gasteiger charge is -2.28. The molecule has 126 valence electrons. The lowest BCUT2D eigenvalue weighted by atomic mass is 10.3. The molecule has 0 radical (unpaired) electrons. The fourth-order valence-corrected chi connectivity index (χ4v) is 3.92. The Balaban J connectivity index is 2.04. The van der Waals surface area contributed by atoms with Crippen molar-refractivity contribution in [3.63, 3.8) is 0 Å². The van der Waals surface area contributed by atoms with Crippen LogP contribution in [0.5, 0.6) is 0 Å². The van der Waals surface area contributed by atoms with Crippen molar-refractivity contribution in [2.75, 3.05) is 25.1 Å². The molecule has 9 nitrogen and oxygen atoms in total. The van der Waals surface area contributed by atoms with Crippen molar-refractivity contribution in [2.45, 2.75) is 9.79 Å². The van der Waals surface area contributed by atoms with Crippen LogP contribution in [0.4, 0.5) is 5.69 Å². The van der Waals surface area contributed by atoms with E-state index in [0.29, 0.717) is 23.8 Å². The maximum absolute atomic E-state index is 11.5. The smallest absolute Gasteiger partial charge is 0.294 e. The Kier molecular flexibility index (Phi) is 5.70. The van der Waals surface area contributed by atoms with Crippen molar-refractivity contribution in [1.29, 1.82) is 0 Å². The molecule has 0 aliphatic carbocycles. The zero-order valence-electron chi connectivity index (χ0n) is 11.6. The van der Waals surface area contributed by atoms with Gasteiger partial charge in [0.15, 0.2) is 0 Å². The molecular weight excluding hydrogens is 368 g/mol. The minimum atomic E-state index is -3.90. The fourth-order valence-electron chi connectivity index (χ4n) is 1.78.